The molecule has 1 aromatic rings. The van der Waals surface area contributed by atoms with E-state index in [2.05, 4.69) is 73.4 Å². The lowest BCUT2D eigenvalue weighted by Crippen LogP contribution is -1.93. The second-order valence-corrected chi connectivity index (χ2v) is 4.65. The molecule has 1 heteroatoms. The number of alkyl halides is 1. The molecule has 0 fully saturated rings. The lowest BCUT2D eigenvalue weighted by molar-refractivity contribution is 1.13. The molecule has 17 heavy (non-hydrogen) atoms. The maximum atomic E-state index is 3.72. The molecule has 0 bridgehead atoms. The lowest BCUT2D eigenvalue weighted by Gasteiger charge is -2.11. The van der Waals surface area contributed by atoms with Crippen LogP contribution in [0.4, 0.5) is 0 Å². The molecule has 90 valence electrons. The van der Waals surface area contributed by atoms with Gasteiger partial charge in [0.05, 0.1) is 0 Å². The Balaban J connectivity index is 3.23. The second kappa shape index (κ2) is 7.49. The summed E-state index contributed by atoms with van der Waals surface area (Å²) in [4.78, 5) is 0. The Kier molecular flexibility index (Phi) is 6.27. The van der Waals surface area contributed by atoms with E-state index >= 15 is 0 Å². The fourth-order valence-corrected chi connectivity index (χ4v) is 2.65. The van der Waals surface area contributed by atoms with Crippen molar-refractivity contribution < 1.29 is 0 Å². The molecule has 0 aliphatic carbocycles. The van der Waals surface area contributed by atoms with Gasteiger partial charge in [0.25, 0.3) is 0 Å². The zero-order valence-corrected chi connectivity index (χ0v) is 12.7. The molecule has 0 N–H and O–H groups in total. The molecular weight excluding hydrogens is 319 g/mol. The van der Waals surface area contributed by atoms with Crippen molar-refractivity contribution in [1.82, 2.24) is 0 Å². The van der Waals surface area contributed by atoms with Gasteiger partial charge in [0, 0.05) is 4.43 Å². The van der Waals surface area contributed by atoms with Crippen LogP contribution in [0.3, 0.4) is 0 Å². The van der Waals surface area contributed by atoms with Gasteiger partial charge in [-0.1, -0.05) is 78.6 Å². The molecule has 1 aromatic carbocycles. The van der Waals surface area contributed by atoms with E-state index in [1.807, 2.05) is 12.2 Å². The zero-order chi connectivity index (χ0) is 12.7. The van der Waals surface area contributed by atoms with Gasteiger partial charge in [-0.2, -0.15) is 0 Å². The standard InChI is InChI=1S/C16H19I/c1-4-6-9-15(12-17)13(3)16-11-8-7-10-14(16)5-2/h4,6-11H,1,5,12H2,2-3H3/b9-6-,15-13-. The van der Waals surface area contributed by atoms with Gasteiger partial charge in [0.2, 0.25) is 0 Å². The van der Waals surface area contributed by atoms with Crippen LogP contribution in [0.15, 0.2) is 54.6 Å². The summed E-state index contributed by atoms with van der Waals surface area (Å²) < 4.78 is 1.02. The third-order valence-electron chi connectivity index (χ3n) is 2.86. The average molecular weight is 338 g/mol. The topological polar surface area (TPSA) is 0 Å². The van der Waals surface area contributed by atoms with Crippen molar-refractivity contribution in [2.75, 3.05) is 4.43 Å². The number of rotatable bonds is 5. The van der Waals surface area contributed by atoms with Crippen molar-refractivity contribution in [2.45, 2.75) is 20.3 Å². The number of hydrogen-bond acceptors (Lipinski definition) is 0. The molecule has 0 saturated heterocycles. The molecule has 0 aliphatic rings. The highest BCUT2D eigenvalue weighted by molar-refractivity contribution is 14.1. The molecule has 0 heterocycles. The summed E-state index contributed by atoms with van der Waals surface area (Å²) in [6.07, 6.45) is 7.06. The predicted octanol–water partition coefficient (Wildman–Crippen LogP) is 5.20. The number of benzene rings is 1. The first-order chi connectivity index (χ1) is 8.24. The average Bonchev–Trinajstić information content (AvgIpc) is 2.39. The smallest absolute Gasteiger partial charge is 0.0249 e. The Labute approximate surface area is 118 Å². The maximum absolute atomic E-state index is 3.72. The summed E-state index contributed by atoms with van der Waals surface area (Å²) >= 11 is 2.41. The van der Waals surface area contributed by atoms with E-state index in [1.54, 1.807) is 0 Å². The molecule has 0 unspecified atom stereocenters. The lowest BCUT2D eigenvalue weighted by atomic mass is 9.96. The molecule has 0 nitrogen and oxygen atoms in total. The van der Waals surface area contributed by atoms with Gasteiger partial charge in [0.15, 0.2) is 0 Å². The molecule has 0 saturated carbocycles. The quantitative estimate of drug-likeness (QED) is 0.393. The Bertz CT molecular complexity index is 439. The predicted molar refractivity (Wildman–Crippen MR) is 86.6 cm³/mol. The van der Waals surface area contributed by atoms with Crippen LogP contribution < -0.4 is 0 Å². The van der Waals surface area contributed by atoms with E-state index in [0.29, 0.717) is 0 Å². The normalized spacial score (nSPS) is 12.6. The Morgan fingerprint density at radius 2 is 2.06 bits per heavy atom. The van der Waals surface area contributed by atoms with E-state index < -0.39 is 0 Å². The first-order valence-corrected chi connectivity index (χ1v) is 7.40. The van der Waals surface area contributed by atoms with Gasteiger partial charge in [0.1, 0.15) is 0 Å². The van der Waals surface area contributed by atoms with E-state index in [9.17, 15) is 0 Å². The summed E-state index contributed by atoms with van der Waals surface area (Å²) in [7, 11) is 0. The van der Waals surface area contributed by atoms with Crippen LogP contribution in [0.5, 0.6) is 0 Å². The van der Waals surface area contributed by atoms with Crippen LogP contribution in [0, 0.1) is 0 Å². The van der Waals surface area contributed by atoms with Crippen LogP contribution in [0.25, 0.3) is 5.57 Å². The summed E-state index contributed by atoms with van der Waals surface area (Å²) in [6, 6.07) is 8.64. The van der Waals surface area contributed by atoms with E-state index in [1.165, 1.54) is 22.3 Å². The summed E-state index contributed by atoms with van der Waals surface area (Å²) in [5.41, 5.74) is 5.52. The molecule has 1 rings (SSSR count). The fraction of sp³-hybridized carbons (Fsp3) is 0.250. The van der Waals surface area contributed by atoms with E-state index in [0.717, 1.165) is 10.8 Å². The van der Waals surface area contributed by atoms with Gasteiger partial charge in [-0.15, -0.1) is 0 Å². The van der Waals surface area contributed by atoms with E-state index in [4.69, 9.17) is 0 Å². The van der Waals surface area contributed by atoms with Gasteiger partial charge in [-0.05, 0) is 35.6 Å². The van der Waals surface area contributed by atoms with Crippen LogP contribution in [0.1, 0.15) is 25.0 Å². The second-order valence-electron chi connectivity index (χ2n) is 3.89. The highest BCUT2D eigenvalue weighted by Crippen LogP contribution is 2.24. The van der Waals surface area contributed by atoms with Crippen molar-refractivity contribution >= 4 is 28.2 Å². The molecule has 0 atom stereocenters. The van der Waals surface area contributed by atoms with Crippen LogP contribution >= 0.6 is 22.6 Å². The van der Waals surface area contributed by atoms with Crippen molar-refractivity contribution in [3.63, 3.8) is 0 Å². The monoisotopic (exact) mass is 338 g/mol. The Morgan fingerprint density at radius 3 is 2.65 bits per heavy atom. The minimum Gasteiger partial charge on any atom is -0.0991 e. The first kappa shape index (κ1) is 14.2. The first-order valence-electron chi connectivity index (χ1n) is 5.87. The van der Waals surface area contributed by atoms with Gasteiger partial charge in [-0.3, -0.25) is 0 Å². The molecule has 0 radical (unpaired) electrons. The van der Waals surface area contributed by atoms with Crippen LogP contribution in [-0.4, -0.2) is 4.43 Å². The van der Waals surface area contributed by atoms with Gasteiger partial charge < -0.3 is 0 Å². The third-order valence-corrected chi connectivity index (χ3v) is 3.68. The van der Waals surface area contributed by atoms with E-state index in [-0.39, 0.29) is 0 Å². The molecule has 0 spiro atoms. The number of aryl methyl sites for hydroxylation is 1. The van der Waals surface area contributed by atoms with Gasteiger partial charge in [-0.25, -0.2) is 0 Å². The number of allylic oxidation sites excluding steroid dienone is 5. The Hall–Kier alpha value is -0.830. The van der Waals surface area contributed by atoms with Crippen molar-refractivity contribution in [3.05, 3.63) is 65.8 Å². The summed E-state index contributed by atoms with van der Waals surface area (Å²) in [5, 5.41) is 0. The third kappa shape index (κ3) is 3.84. The molecule has 0 aromatic heterocycles. The molecule has 0 amide bonds. The zero-order valence-electron chi connectivity index (χ0n) is 10.5. The van der Waals surface area contributed by atoms with Crippen molar-refractivity contribution in [1.29, 1.82) is 0 Å². The minimum atomic E-state index is 1.02. The van der Waals surface area contributed by atoms with Gasteiger partial charge >= 0.3 is 0 Å². The van der Waals surface area contributed by atoms with Crippen molar-refractivity contribution in [2.24, 2.45) is 0 Å². The number of hydrogen-bond donors (Lipinski definition) is 0. The van der Waals surface area contributed by atoms with Crippen molar-refractivity contribution in [3.8, 4) is 0 Å². The van der Waals surface area contributed by atoms with Crippen LogP contribution in [0.2, 0.25) is 0 Å². The molecule has 0 aliphatic heterocycles. The Morgan fingerprint density at radius 1 is 1.35 bits per heavy atom. The SMILES string of the molecule is C=C/C=C\C(CI)=C(/C)c1ccccc1CC. The largest absolute Gasteiger partial charge is 0.0991 e. The van der Waals surface area contributed by atoms with Crippen LogP contribution in [-0.2, 0) is 6.42 Å². The number of halogens is 1. The minimum absolute atomic E-state index is 1.02. The summed E-state index contributed by atoms with van der Waals surface area (Å²) in [5.74, 6) is 0. The molecular formula is C16H19I. The highest BCUT2D eigenvalue weighted by atomic mass is 127. The highest BCUT2D eigenvalue weighted by Gasteiger charge is 2.05. The maximum Gasteiger partial charge on any atom is 0.0249 e. The fourth-order valence-electron chi connectivity index (χ4n) is 1.82. The summed E-state index contributed by atoms with van der Waals surface area (Å²) in [6.45, 7) is 8.13.